The van der Waals surface area contributed by atoms with E-state index in [0.29, 0.717) is 11.3 Å². The van der Waals surface area contributed by atoms with E-state index in [1.807, 2.05) is 0 Å². The Kier molecular flexibility index (Phi) is 5.10. The van der Waals surface area contributed by atoms with E-state index in [4.69, 9.17) is 4.74 Å². The summed E-state index contributed by atoms with van der Waals surface area (Å²) in [5, 5.41) is 2.97. The van der Waals surface area contributed by atoms with Crippen molar-refractivity contribution in [2.45, 2.75) is 13.0 Å². The molecule has 0 amide bonds. The number of nitrogens with one attached hydrogen (secondary N) is 1. The van der Waals surface area contributed by atoms with Gasteiger partial charge in [0.25, 0.3) is 0 Å². The van der Waals surface area contributed by atoms with Crippen LogP contribution >= 0.6 is 0 Å². The molecule has 1 aromatic rings. The summed E-state index contributed by atoms with van der Waals surface area (Å²) in [4.78, 5) is 0. The van der Waals surface area contributed by atoms with Gasteiger partial charge in [-0.25, -0.2) is 12.8 Å². The highest BCUT2D eigenvalue weighted by molar-refractivity contribution is 7.90. The molecule has 0 radical (unpaired) electrons. The third kappa shape index (κ3) is 4.27. The van der Waals surface area contributed by atoms with Crippen molar-refractivity contribution >= 4 is 9.84 Å². The van der Waals surface area contributed by atoms with Crippen LogP contribution in [0.2, 0.25) is 0 Å². The Bertz CT molecular complexity index is 502. The molecule has 1 atom stereocenters. The lowest BCUT2D eigenvalue weighted by atomic mass is 10.1. The third-order valence-electron chi connectivity index (χ3n) is 2.59. The molecule has 1 unspecified atom stereocenters. The molecule has 0 spiro atoms. The van der Waals surface area contributed by atoms with Crippen molar-refractivity contribution < 1.29 is 17.5 Å². The smallest absolute Gasteiger partial charge is 0.148 e. The van der Waals surface area contributed by atoms with Crippen LogP contribution in [0.15, 0.2) is 18.2 Å². The molecule has 0 aliphatic carbocycles. The van der Waals surface area contributed by atoms with E-state index in [9.17, 15) is 12.8 Å². The summed E-state index contributed by atoms with van der Waals surface area (Å²) >= 11 is 0. The summed E-state index contributed by atoms with van der Waals surface area (Å²) in [6, 6.07) is 4.28. The fraction of sp³-hybridized carbons (Fsp3) is 0.500. The summed E-state index contributed by atoms with van der Waals surface area (Å²) in [5.74, 6) is 0.108. The second-order valence-electron chi connectivity index (χ2n) is 4.16. The number of ether oxygens (including phenoxy) is 1. The summed E-state index contributed by atoms with van der Waals surface area (Å²) in [7, 11) is -1.54. The molecule has 0 aliphatic heterocycles. The lowest BCUT2D eigenvalue weighted by molar-refractivity contribution is 0.395. The standard InChI is InChI=1S/C12H18FNO3S/c1-9(14-7-8-18(3,15)16)12-10(13)5-4-6-11(12)17-2/h4-6,9,14H,7-8H2,1-3H3. The van der Waals surface area contributed by atoms with Crippen LogP contribution in [0.25, 0.3) is 0 Å². The quantitative estimate of drug-likeness (QED) is 0.855. The molecule has 0 aliphatic rings. The van der Waals surface area contributed by atoms with Gasteiger partial charge < -0.3 is 10.1 Å². The van der Waals surface area contributed by atoms with Crippen LogP contribution < -0.4 is 10.1 Å². The van der Waals surface area contributed by atoms with Gasteiger partial charge in [-0.3, -0.25) is 0 Å². The lowest BCUT2D eigenvalue weighted by Crippen LogP contribution is -2.26. The van der Waals surface area contributed by atoms with Gasteiger partial charge >= 0.3 is 0 Å². The molecule has 6 heteroatoms. The maximum Gasteiger partial charge on any atom is 0.148 e. The predicted octanol–water partition coefficient (Wildman–Crippen LogP) is 1.53. The monoisotopic (exact) mass is 275 g/mol. The van der Waals surface area contributed by atoms with Crippen molar-refractivity contribution in [3.8, 4) is 5.75 Å². The van der Waals surface area contributed by atoms with Crippen LogP contribution in [0.4, 0.5) is 4.39 Å². The summed E-state index contributed by atoms with van der Waals surface area (Å²) < 4.78 is 40.8. The molecule has 0 bridgehead atoms. The number of hydrogen-bond donors (Lipinski definition) is 1. The molecule has 0 heterocycles. The topological polar surface area (TPSA) is 55.4 Å². The molecule has 102 valence electrons. The van der Waals surface area contributed by atoms with Crippen molar-refractivity contribution in [2.24, 2.45) is 0 Å². The van der Waals surface area contributed by atoms with Crippen LogP contribution in [0.1, 0.15) is 18.5 Å². The molecule has 1 rings (SSSR count). The highest BCUT2D eigenvalue weighted by atomic mass is 32.2. The third-order valence-corrected chi connectivity index (χ3v) is 3.53. The lowest BCUT2D eigenvalue weighted by Gasteiger charge is -2.17. The van der Waals surface area contributed by atoms with Crippen molar-refractivity contribution in [2.75, 3.05) is 25.7 Å². The summed E-state index contributed by atoms with van der Waals surface area (Å²) in [5.41, 5.74) is 0.411. The van der Waals surface area contributed by atoms with Gasteiger partial charge in [-0.1, -0.05) is 6.07 Å². The normalized spacial score (nSPS) is 13.3. The van der Waals surface area contributed by atoms with E-state index >= 15 is 0 Å². The first-order valence-corrected chi connectivity index (χ1v) is 7.64. The van der Waals surface area contributed by atoms with Gasteiger partial charge in [0.2, 0.25) is 0 Å². The van der Waals surface area contributed by atoms with Gasteiger partial charge in [-0.05, 0) is 19.1 Å². The van der Waals surface area contributed by atoms with Gasteiger partial charge in [0, 0.05) is 24.4 Å². The molecule has 0 saturated carbocycles. The van der Waals surface area contributed by atoms with E-state index in [0.717, 1.165) is 0 Å². The second kappa shape index (κ2) is 6.15. The zero-order valence-electron chi connectivity index (χ0n) is 10.7. The second-order valence-corrected chi connectivity index (χ2v) is 6.42. The Hall–Kier alpha value is -1.14. The van der Waals surface area contributed by atoms with Crippen molar-refractivity contribution in [3.63, 3.8) is 0 Å². The Morgan fingerprint density at radius 3 is 2.67 bits per heavy atom. The van der Waals surface area contributed by atoms with E-state index in [2.05, 4.69) is 5.32 Å². The summed E-state index contributed by atoms with van der Waals surface area (Å²) in [6.45, 7) is 2.04. The molecule has 1 N–H and O–H groups in total. The zero-order valence-corrected chi connectivity index (χ0v) is 11.6. The van der Waals surface area contributed by atoms with E-state index in [1.54, 1.807) is 19.1 Å². The van der Waals surface area contributed by atoms with Crippen LogP contribution in [0.5, 0.6) is 5.75 Å². The molecule has 0 saturated heterocycles. The van der Waals surface area contributed by atoms with Gasteiger partial charge in [0.15, 0.2) is 0 Å². The first-order chi connectivity index (χ1) is 8.35. The van der Waals surface area contributed by atoms with Crippen molar-refractivity contribution in [1.82, 2.24) is 5.32 Å². The van der Waals surface area contributed by atoms with Crippen LogP contribution in [0, 0.1) is 5.82 Å². The van der Waals surface area contributed by atoms with E-state index in [-0.39, 0.29) is 24.2 Å². The van der Waals surface area contributed by atoms with Gasteiger partial charge in [-0.15, -0.1) is 0 Å². The molecular weight excluding hydrogens is 257 g/mol. The molecule has 4 nitrogen and oxygen atoms in total. The molecule has 0 aromatic heterocycles. The predicted molar refractivity (Wildman–Crippen MR) is 69.1 cm³/mol. The number of methoxy groups -OCH3 is 1. The minimum atomic E-state index is -3.02. The van der Waals surface area contributed by atoms with Crippen LogP contribution in [-0.2, 0) is 9.84 Å². The fourth-order valence-corrected chi connectivity index (χ4v) is 2.17. The van der Waals surface area contributed by atoms with Gasteiger partial charge in [-0.2, -0.15) is 0 Å². The first kappa shape index (κ1) is 14.9. The Morgan fingerprint density at radius 1 is 1.44 bits per heavy atom. The molecular formula is C12H18FNO3S. The number of sulfone groups is 1. The van der Waals surface area contributed by atoms with Crippen molar-refractivity contribution in [1.29, 1.82) is 0 Å². The SMILES string of the molecule is COc1cccc(F)c1C(C)NCCS(C)(=O)=O. The minimum absolute atomic E-state index is 0.0219. The highest BCUT2D eigenvalue weighted by Gasteiger charge is 2.16. The minimum Gasteiger partial charge on any atom is -0.496 e. The number of hydrogen-bond acceptors (Lipinski definition) is 4. The fourth-order valence-electron chi connectivity index (χ4n) is 1.68. The molecule has 18 heavy (non-hydrogen) atoms. The average molecular weight is 275 g/mol. The van der Waals surface area contributed by atoms with Crippen molar-refractivity contribution in [3.05, 3.63) is 29.6 Å². The highest BCUT2D eigenvalue weighted by Crippen LogP contribution is 2.27. The van der Waals surface area contributed by atoms with Crippen LogP contribution in [0.3, 0.4) is 0 Å². The Labute approximate surface area is 107 Å². The van der Waals surface area contributed by atoms with E-state index < -0.39 is 9.84 Å². The molecule has 1 aromatic carbocycles. The Balaban J connectivity index is 2.75. The largest absolute Gasteiger partial charge is 0.496 e. The number of rotatable bonds is 6. The maximum atomic E-state index is 13.7. The van der Waals surface area contributed by atoms with Gasteiger partial charge in [0.1, 0.15) is 21.4 Å². The van der Waals surface area contributed by atoms with Crippen LogP contribution in [-0.4, -0.2) is 34.1 Å². The maximum absolute atomic E-state index is 13.7. The average Bonchev–Trinajstić information content (AvgIpc) is 2.26. The zero-order chi connectivity index (χ0) is 13.8. The Morgan fingerprint density at radius 2 is 2.11 bits per heavy atom. The van der Waals surface area contributed by atoms with E-state index in [1.165, 1.54) is 19.4 Å². The van der Waals surface area contributed by atoms with Gasteiger partial charge in [0.05, 0.1) is 12.9 Å². The number of benzene rings is 1. The summed E-state index contributed by atoms with van der Waals surface area (Å²) in [6.07, 6.45) is 1.17. The number of halogens is 1. The molecule has 0 fully saturated rings. The first-order valence-electron chi connectivity index (χ1n) is 5.58.